The highest BCUT2D eigenvalue weighted by Crippen LogP contribution is 2.17. The Morgan fingerprint density at radius 2 is 1.95 bits per heavy atom. The molecule has 0 atom stereocenters. The molecule has 0 unspecified atom stereocenters. The quantitative estimate of drug-likeness (QED) is 0.767. The lowest BCUT2D eigenvalue weighted by atomic mass is 10.1. The number of carboxylic acids is 1. The van der Waals surface area contributed by atoms with E-state index in [1.165, 1.54) is 0 Å². The summed E-state index contributed by atoms with van der Waals surface area (Å²) >= 11 is 1.58. The van der Waals surface area contributed by atoms with Crippen molar-refractivity contribution in [2.45, 2.75) is 19.4 Å². The average molecular weight is 304 g/mol. The number of hydrogen-bond donors (Lipinski definition) is 3. The summed E-state index contributed by atoms with van der Waals surface area (Å²) in [5.41, 5.74) is 1.45. The Hall–Kier alpha value is -2.34. The number of para-hydroxylation sites is 1. The highest BCUT2D eigenvalue weighted by molar-refractivity contribution is 7.09. The number of carbonyl (C=O) groups excluding carboxylic acids is 1. The smallest absolute Gasteiger partial charge is 0.319 e. The van der Waals surface area contributed by atoms with Gasteiger partial charge < -0.3 is 15.7 Å². The van der Waals surface area contributed by atoms with Crippen LogP contribution in [0.25, 0.3) is 0 Å². The summed E-state index contributed by atoms with van der Waals surface area (Å²) in [7, 11) is 0. The van der Waals surface area contributed by atoms with Gasteiger partial charge in [0.15, 0.2) is 0 Å². The molecule has 0 saturated carbocycles. The fourth-order valence-electron chi connectivity index (χ4n) is 1.85. The van der Waals surface area contributed by atoms with Crippen molar-refractivity contribution in [2.24, 2.45) is 0 Å². The summed E-state index contributed by atoms with van der Waals surface area (Å²) in [4.78, 5) is 23.6. The van der Waals surface area contributed by atoms with E-state index in [9.17, 15) is 9.59 Å². The third-order valence-electron chi connectivity index (χ3n) is 2.88. The van der Waals surface area contributed by atoms with Gasteiger partial charge in [0.1, 0.15) is 0 Å². The molecule has 110 valence electrons. The van der Waals surface area contributed by atoms with Crippen molar-refractivity contribution in [1.29, 1.82) is 0 Å². The van der Waals surface area contributed by atoms with E-state index in [2.05, 4.69) is 10.6 Å². The number of rotatable bonds is 6. The van der Waals surface area contributed by atoms with Gasteiger partial charge in [-0.25, -0.2) is 4.79 Å². The Balaban J connectivity index is 1.92. The predicted octanol–water partition coefficient (Wildman–Crippen LogP) is 3.09. The van der Waals surface area contributed by atoms with Crippen molar-refractivity contribution in [3.05, 3.63) is 52.2 Å². The number of urea groups is 1. The van der Waals surface area contributed by atoms with Gasteiger partial charge in [0, 0.05) is 17.0 Å². The molecule has 0 saturated heterocycles. The molecule has 2 amide bonds. The van der Waals surface area contributed by atoms with Crippen LogP contribution in [0.5, 0.6) is 0 Å². The Morgan fingerprint density at radius 1 is 1.14 bits per heavy atom. The van der Waals surface area contributed by atoms with Crippen molar-refractivity contribution in [2.75, 3.05) is 5.32 Å². The number of hydrogen-bond acceptors (Lipinski definition) is 3. The summed E-state index contributed by atoms with van der Waals surface area (Å²) in [6.07, 6.45) is 0.423. The summed E-state index contributed by atoms with van der Waals surface area (Å²) in [5.74, 6) is -0.855. The van der Waals surface area contributed by atoms with Gasteiger partial charge in [-0.05, 0) is 29.5 Å². The maximum Gasteiger partial charge on any atom is 0.319 e. The first-order chi connectivity index (χ1) is 10.1. The minimum Gasteiger partial charge on any atom is -0.481 e. The van der Waals surface area contributed by atoms with Crippen molar-refractivity contribution in [1.82, 2.24) is 5.32 Å². The summed E-state index contributed by atoms with van der Waals surface area (Å²) in [6.45, 7) is 0.473. The largest absolute Gasteiger partial charge is 0.481 e. The lowest BCUT2D eigenvalue weighted by Gasteiger charge is -2.11. The van der Waals surface area contributed by atoms with Crippen molar-refractivity contribution in [3.63, 3.8) is 0 Å². The zero-order valence-electron chi connectivity index (χ0n) is 11.3. The van der Waals surface area contributed by atoms with E-state index in [-0.39, 0.29) is 12.5 Å². The van der Waals surface area contributed by atoms with Crippen molar-refractivity contribution >= 4 is 29.0 Å². The normalized spacial score (nSPS) is 10.1. The highest BCUT2D eigenvalue weighted by Gasteiger charge is 2.08. The number of thiophene rings is 1. The summed E-state index contributed by atoms with van der Waals surface area (Å²) in [6, 6.07) is 10.8. The van der Waals surface area contributed by atoms with Gasteiger partial charge in [-0.2, -0.15) is 0 Å². The molecule has 0 aliphatic carbocycles. The molecule has 2 rings (SSSR count). The molecule has 0 aliphatic heterocycles. The van der Waals surface area contributed by atoms with E-state index in [1.54, 1.807) is 23.5 Å². The van der Waals surface area contributed by atoms with Crippen LogP contribution in [0.4, 0.5) is 10.5 Å². The molecule has 3 N–H and O–H groups in total. The van der Waals surface area contributed by atoms with Gasteiger partial charge in [-0.1, -0.05) is 24.3 Å². The zero-order chi connectivity index (χ0) is 15.1. The Bertz CT molecular complexity index is 611. The van der Waals surface area contributed by atoms with Crippen LogP contribution in [0.3, 0.4) is 0 Å². The molecular weight excluding hydrogens is 288 g/mol. The van der Waals surface area contributed by atoms with Gasteiger partial charge in [-0.15, -0.1) is 11.3 Å². The van der Waals surface area contributed by atoms with Gasteiger partial charge in [0.05, 0.1) is 6.54 Å². The number of nitrogens with one attached hydrogen (secondary N) is 2. The van der Waals surface area contributed by atoms with Crippen molar-refractivity contribution in [3.8, 4) is 0 Å². The third kappa shape index (κ3) is 4.92. The Kier molecular flexibility index (Phi) is 5.34. The predicted molar refractivity (Wildman–Crippen MR) is 82.6 cm³/mol. The molecule has 0 aliphatic rings. The SMILES string of the molecule is O=C(O)CCc1ccccc1NC(=O)NCc1cccs1. The highest BCUT2D eigenvalue weighted by atomic mass is 32.1. The number of benzene rings is 1. The lowest BCUT2D eigenvalue weighted by molar-refractivity contribution is -0.136. The molecule has 0 fully saturated rings. The fourth-order valence-corrected chi connectivity index (χ4v) is 2.49. The molecular formula is C15H16N2O3S. The number of aryl methyl sites for hydroxylation is 1. The van der Waals surface area contributed by atoms with Crippen LogP contribution < -0.4 is 10.6 Å². The molecule has 2 aromatic rings. The number of amides is 2. The topological polar surface area (TPSA) is 78.4 Å². The van der Waals surface area contributed by atoms with Gasteiger partial charge >= 0.3 is 12.0 Å². The van der Waals surface area contributed by atoms with Crippen LogP contribution in [0.2, 0.25) is 0 Å². The first-order valence-corrected chi connectivity index (χ1v) is 7.40. The van der Waals surface area contributed by atoms with E-state index in [4.69, 9.17) is 5.11 Å². The van der Waals surface area contributed by atoms with E-state index in [0.29, 0.717) is 18.7 Å². The van der Waals surface area contributed by atoms with Gasteiger partial charge in [-0.3, -0.25) is 4.79 Å². The molecule has 0 bridgehead atoms. The van der Waals surface area contributed by atoms with Gasteiger partial charge in [0.25, 0.3) is 0 Å². The van der Waals surface area contributed by atoms with E-state index in [0.717, 1.165) is 10.4 Å². The van der Waals surface area contributed by atoms with Crippen LogP contribution in [0, 0.1) is 0 Å². The molecule has 5 nitrogen and oxygen atoms in total. The maximum absolute atomic E-state index is 11.9. The van der Waals surface area contributed by atoms with Crippen LogP contribution in [0.15, 0.2) is 41.8 Å². The second-order valence-corrected chi connectivity index (χ2v) is 5.47. The zero-order valence-corrected chi connectivity index (χ0v) is 12.2. The Labute approximate surface area is 126 Å². The second kappa shape index (κ2) is 7.44. The summed E-state index contributed by atoms with van der Waals surface area (Å²) in [5, 5.41) is 16.2. The number of anilines is 1. The molecule has 0 radical (unpaired) electrons. The van der Waals surface area contributed by atoms with Gasteiger partial charge in [0.2, 0.25) is 0 Å². The molecule has 21 heavy (non-hydrogen) atoms. The molecule has 1 aromatic heterocycles. The molecule has 1 heterocycles. The second-order valence-electron chi connectivity index (χ2n) is 4.44. The minimum absolute atomic E-state index is 0.0372. The first-order valence-electron chi connectivity index (χ1n) is 6.52. The average Bonchev–Trinajstić information content (AvgIpc) is 2.97. The molecule has 1 aromatic carbocycles. The van der Waals surface area contributed by atoms with Crippen LogP contribution in [-0.4, -0.2) is 17.1 Å². The lowest BCUT2D eigenvalue weighted by Crippen LogP contribution is -2.28. The van der Waals surface area contributed by atoms with E-state index in [1.807, 2.05) is 29.6 Å². The summed E-state index contributed by atoms with van der Waals surface area (Å²) < 4.78 is 0. The number of carboxylic acid groups (broad SMARTS) is 1. The Morgan fingerprint density at radius 3 is 2.67 bits per heavy atom. The standard InChI is InChI=1S/C15H16N2O3S/c18-14(19)8-7-11-4-1-2-6-13(11)17-15(20)16-10-12-5-3-9-21-12/h1-6,9H,7-8,10H2,(H,18,19)(H2,16,17,20). The van der Waals surface area contributed by atoms with E-state index >= 15 is 0 Å². The van der Waals surface area contributed by atoms with Crippen LogP contribution in [-0.2, 0) is 17.8 Å². The van der Waals surface area contributed by atoms with Crippen molar-refractivity contribution < 1.29 is 14.7 Å². The monoisotopic (exact) mass is 304 g/mol. The minimum atomic E-state index is -0.855. The van der Waals surface area contributed by atoms with Crippen LogP contribution >= 0.6 is 11.3 Å². The molecule has 0 spiro atoms. The maximum atomic E-state index is 11.9. The number of aliphatic carboxylic acids is 1. The first kappa shape index (κ1) is 15.1. The van der Waals surface area contributed by atoms with Crippen LogP contribution in [0.1, 0.15) is 16.9 Å². The fraction of sp³-hybridized carbons (Fsp3) is 0.200. The van der Waals surface area contributed by atoms with E-state index < -0.39 is 5.97 Å². The number of carbonyl (C=O) groups is 2. The third-order valence-corrected chi connectivity index (χ3v) is 3.75. The molecule has 6 heteroatoms.